The zero-order chi connectivity index (χ0) is 21.7. The van der Waals surface area contributed by atoms with E-state index in [2.05, 4.69) is 10.4 Å². The average Bonchev–Trinajstić information content (AvgIpc) is 3.42. The van der Waals surface area contributed by atoms with Crippen molar-refractivity contribution < 1.29 is 22.0 Å². The number of nitrogens with one attached hydrogen (secondary N) is 1. The van der Waals surface area contributed by atoms with Crippen LogP contribution in [0.2, 0.25) is 5.02 Å². The molecule has 7 nitrogen and oxygen atoms in total. The van der Waals surface area contributed by atoms with Crippen molar-refractivity contribution in [3.05, 3.63) is 53.2 Å². The van der Waals surface area contributed by atoms with Crippen molar-refractivity contribution in [3.8, 4) is 0 Å². The van der Waals surface area contributed by atoms with Crippen LogP contribution in [-0.4, -0.2) is 24.1 Å². The van der Waals surface area contributed by atoms with E-state index in [4.69, 9.17) is 16.7 Å². The number of sulfonamides is 1. The van der Waals surface area contributed by atoms with E-state index < -0.39 is 32.8 Å². The van der Waals surface area contributed by atoms with Gasteiger partial charge in [0.2, 0.25) is 15.9 Å². The fourth-order valence-electron chi connectivity index (χ4n) is 3.19. The number of fused-ring (bicyclic) bond motifs is 1. The lowest BCUT2D eigenvalue weighted by molar-refractivity contribution is -0.115. The van der Waals surface area contributed by atoms with Crippen molar-refractivity contribution in [2.45, 2.75) is 30.2 Å². The molecule has 158 valence electrons. The topological polar surface area (TPSA) is 107 Å². The first-order valence-electron chi connectivity index (χ1n) is 9.03. The molecule has 0 bridgehead atoms. The van der Waals surface area contributed by atoms with Gasteiger partial charge in [0.05, 0.1) is 16.8 Å². The minimum atomic E-state index is -4.26. The summed E-state index contributed by atoms with van der Waals surface area (Å²) in [6.07, 6.45) is 1.66. The van der Waals surface area contributed by atoms with E-state index in [1.807, 2.05) is 0 Å². The van der Waals surface area contributed by atoms with Crippen LogP contribution in [0, 0.1) is 5.92 Å². The number of carbonyl (C=O) groups is 1. The summed E-state index contributed by atoms with van der Waals surface area (Å²) in [5.74, 6) is -1.30. The van der Waals surface area contributed by atoms with Gasteiger partial charge in [-0.1, -0.05) is 29.8 Å². The highest BCUT2D eigenvalue weighted by atomic mass is 35.5. The predicted octanol–water partition coefficient (Wildman–Crippen LogP) is 3.48. The third-order valence-corrected chi connectivity index (χ3v) is 6.18. The number of nitrogens with two attached hydrogens (primary N) is 1. The van der Waals surface area contributed by atoms with Crippen LogP contribution in [0.1, 0.15) is 18.4 Å². The number of rotatable bonds is 6. The summed E-state index contributed by atoms with van der Waals surface area (Å²) in [5, 5.41) is 12.1. The van der Waals surface area contributed by atoms with Gasteiger partial charge in [-0.25, -0.2) is 18.2 Å². The van der Waals surface area contributed by atoms with Crippen molar-refractivity contribution in [2.24, 2.45) is 11.1 Å². The minimum absolute atomic E-state index is 0.0186. The lowest BCUT2D eigenvalue weighted by Gasteiger charge is -2.15. The van der Waals surface area contributed by atoms with E-state index in [-0.39, 0.29) is 23.0 Å². The Labute approximate surface area is 175 Å². The first-order valence-corrected chi connectivity index (χ1v) is 11.0. The molecule has 0 unspecified atom stereocenters. The molecule has 0 atom stereocenters. The number of halogens is 3. The molecule has 0 saturated heterocycles. The average molecular weight is 455 g/mol. The number of anilines is 1. The Morgan fingerprint density at radius 1 is 1.30 bits per heavy atom. The van der Waals surface area contributed by atoms with E-state index >= 15 is 0 Å². The second-order valence-electron chi connectivity index (χ2n) is 7.20. The molecule has 1 amide bonds. The third kappa shape index (κ3) is 4.03. The number of primary sulfonamides is 1. The van der Waals surface area contributed by atoms with Gasteiger partial charge in [0.25, 0.3) is 0 Å². The normalized spacial score (nSPS) is 14.8. The largest absolute Gasteiger partial charge is 0.346 e. The quantitative estimate of drug-likeness (QED) is 0.594. The van der Waals surface area contributed by atoms with Gasteiger partial charge >= 0.3 is 6.05 Å². The number of amides is 1. The molecule has 3 N–H and O–H groups in total. The molecule has 0 aliphatic heterocycles. The molecule has 1 aliphatic carbocycles. The van der Waals surface area contributed by atoms with Gasteiger partial charge < -0.3 is 5.32 Å². The molecule has 0 radical (unpaired) electrons. The third-order valence-electron chi connectivity index (χ3n) is 4.86. The second-order valence-corrected chi connectivity index (χ2v) is 9.14. The van der Waals surface area contributed by atoms with Gasteiger partial charge in [0.1, 0.15) is 0 Å². The maximum Gasteiger partial charge on any atom is 0.346 e. The van der Waals surface area contributed by atoms with Crippen LogP contribution in [-0.2, 0) is 27.3 Å². The molecule has 0 spiro atoms. The van der Waals surface area contributed by atoms with Crippen molar-refractivity contribution in [3.63, 3.8) is 0 Å². The number of alkyl halides is 2. The monoisotopic (exact) mass is 454 g/mol. The number of hydrogen-bond acceptors (Lipinski definition) is 4. The summed E-state index contributed by atoms with van der Waals surface area (Å²) in [6.45, 7) is 0. The zero-order valence-corrected chi connectivity index (χ0v) is 17.1. The Hall–Kier alpha value is -2.56. The highest BCUT2D eigenvalue weighted by molar-refractivity contribution is 7.89. The predicted molar refractivity (Wildman–Crippen MR) is 108 cm³/mol. The number of hydrogen-bond donors (Lipinski definition) is 2. The van der Waals surface area contributed by atoms with Crippen LogP contribution < -0.4 is 10.5 Å². The molecule has 3 aromatic rings. The number of benzene rings is 2. The maximum atomic E-state index is 14.4. The van der Waals surface area contributed by atoms with Crippen LogP contribution in [0.4, 0.5) is 14.5 Å². The lowest BCUT2D eigenvalue weighted by atomic mass is 10.1. The Morgan fingerprint density at radius 2 is 2.00 bits per heavy atom. The Morgan fingerprint density at radius 3 is 2.63 bits per heavy atom. The smallest absolute Gasteiger partial charge is 0.326 e. The first-order chi connectivity index (χ1) is 14.1. The van der Waals surface area contributed by atoms with Gasteiger partial charge in [-0.15, -0.1) is 0 Å². The van der Waals surface area contributed by atoms with Gasteiger partial charge in [-0.3, -0.25) is 4.79 Å². The summed E-state index contributed by atoms with van der Waals surface area (Å²) in [4.78, 5) is 12.0. The fraction of sp³-hybridized carbons (Fsp3) is 0.263. The van der Waals surface area contributed by atoms with E-state index in [0.717, 1.165) is 12.3 Å². The summed E-state index contributed by atoms with van der Waals surface area (Å²) in [6, 6.07) is 6.00. The molecular formula is C19H17ClF2N4O3S. The molecule has 30 heavy (non-hydrogen) atoms. The number of aromatic nitrogens is 2. The molecule has 1 fully saturated rings. The van der Waals surface area contributed by atoms with Crippen LogP contribution >= 0.6 is 11.6 Å². The lowest BCUT2D eigenvalue weighted by Crippen LogP contribution is -2.25. The second kappa shape index (κ2) is 7.29. The van der Waals surface area contributed by atoms with E-state index in [9.17, 15) is 22.0 Å². The molecule has 11 heteroatoms. The van der Waals surface area contributed by atoms with Crippen molar-refractivity contribution in [1.82, 2.24) is 9.78 Å². The Bertz CT molecular complexity index is 1260. The highest BCUT2D eigenvalue weighted by Crippen LogP contribution is 2.46. The van der Waals surface area contributed by atoms with Crippen molar-refractivity contribution in [2.75, 3.05) is 5.32 Å². The molecule has 1 saturated carbocycles. The maximum absolute atomic E-state index is 14.4. The zero-order valence-electron chi connectivity index (χ0n) is 15.5. The van der Waals surface area contributed by atoms with E-state index in [1.165, 1.54) is 6.07 Å². The number of nitrogens with zero attached hydrogens (tertiary/aromatic N) is 2. The SMILES string of the molecule is NS(=O)(=O)c1cc(NC(=O)Cc2ccccc2Cl)cc2nn(C(F)(F)C3CC3)cc12. The molecule has 4 rings (SSSR count). The van der Waals surface area contributed by atoms with Crippen molar-refractivity contribution >= 4 is 44.1 Å². The standard InChI is InChI=1S/C19H17ClF2N4O3S/c20-15-4-2-1-3-11(15)7-18(27)24-13-8-16-14(17(9-13)30(23,28)29)10-26(25-16)19(21,22)12-5-6-12/h1-4,8-10,12H,5-7H2,(H,24,27)(H2,23,28,29). The van der Waals surface area contributed by atoms with Crippen LogP contribution in [0.15, 0.2) is 47.5 Å². The minimum Gasteiger partial charge on any atom is -0.326 e. The molecule has 1 heterocycles. The number of carbonyl (C=O) groups excluding carboxylic acids is 1. The van der Waals surface area contributed by atoms with Crippen LogP contribution in [0.5, 0.6) is 0 Å². The fourth-order valence-corrected chi connectivity index (χ4v) is 4.15. The van der Waals surface area contributed by atoms with E-state index in [0.29, 0.717) is 28.1 Å². The molecule has 2 aromatic carbocycles. The Kier molecular flexibility index (Phi) is 5.03. The summed E-state index contributed by atoms with van der Waals surface area (Å²) < 4.78 is 53.4. The molecule has 1 aromatic heterocycles. The first kappa shape index (κ1) is 20.7. The molecular weight excluding hydrogens is 438 g/mol. The van der Waals surface area contributed by atoms with Gasteiger partial charge in [-0.2, -0.15) is 13.9 Å². The van der Waals surface area contributed by atoms with Crippen LogP contribution in [0.3, 0.4) is 0 Å². The summed E-state index contributed by atoms with van der Waals surface area (Å²) in [7, 11) is -4.26. The summed E-state index contributed by atoms with van der Waals surface area (Å²) in [5.41, 5.74) is 0.635. The Balaban J connectivity index is 1.70. The highest BCUT2D eigenvalue weighted by Gasteiger charge is 2.49. The molecule has 1 aliphatic rings. The van der Waals surface area contributed by atoms with Gasteiger partial charge in [-0.05, 0) is 36.6 Å². The summed E-state index contributed by atoms with van der Waals surface area (Å²) >= 11 is 6.05. The van der Waals surface area contributed by atoms with E-state index in [1.54, 1.807) is 24.3 Å². The van der Waals surface area contributed by atoms with Gasteiger partial charge in [0, 0.05) is 28.2 Å². The van der Waals surface area contributed by atoms with Gasteiger partial charge in [0.15, 0.2) is 0 Å². The van der Waals surface area contributed by atoms with Crippen molar-refractivity contribution in [1.29, 1.82) is 0 Å². The van der Waals surface area contributed by atoms with Crippen LogP contribution in [0.25, 0.3) is 10.9 Å².